The van der Waals surface area contributed by atoms with Gasteiger partial charge in [0.2, 0.25) is 15.7 Å². The average molecular weight is 347 g/mol. The molecule has 0 saturated heterocycles. The van der Waals surface area contributed by atoms with Crippen molar-refractivity contribution in [3.8, 4) is 0 Å². The zero-order valence-electron chi connectivity index (χ0n) is 12.5. The summed E-state index contributed by atoms with van der Waals surface area (Å²) in [5, 5.41) is 2.58. The molecular weight excluding hydrogens is 334 g/mol. The van der Waals surface area contributed by atoms with Crippen LogP contribution >= 0.6 is 0 Å². The number of hydrogen-bond donors (Lipinski definition) is 3. The van der Waals surface area contributed by atoms with Crippen molar-refractivity contribution < 1.29 is 13.2 Å². The first-order chi connectivity index (χ1) is 11.3. The van der Waals surface area contributed by atoms with Crippen molar-refractivity contribution in [1.82, 2.24) is 14.4 Å². The number of fused-ring (bicyclic) bond motifs is 1. The lowest BCUT2D eigenvalue weighted by Crippen LogP contribution is -2.16. The Hall–Kier alpha value is -3.14. The third kappa shape index (κ3) is 3.27. The number of sulfonamides is 1. The SMILES string of the molecule is CS(=O)(=O)Nc1ccccc1NC(=O)c1cn2cc[nH]c(=O)c2n1. The lowest BCUT2D eigenvalue weighted by molar-refractivity contribution is 0.102. The largest absolute Gasteiger partial charge is 0.324 e. The van der Waals surface area contributed by atoms with Gasteiger partial charge < -0.3 is 14.7 Å². The van der Waals surface area contributed by atoms with Crippen molar-refractivity contribution in [1.29, 1.82) is 0 Å². The van der Waals surface area contributed by atoms with E-state index < -0.39 is 21.5 Å². The first-order valence-electron chi connectivity index (χ1n) is 6.78. The van der Waals surface area contributed by atoms with Gasteiger partial charge in [0.15, 0.2) is 0 Å². The highest BCUT2D eigenvalue weighted by Gasteiger charge is 2.15. The van der Waals surface area contributed by atoms with Crippen molar-refractivity contribution in [3.63, 3.8) is 0 Å². The molecule has 10 heteroatoms. The first kappa shape index (κ1) is 15.7. The number of anilines is 2. The zero-order chi connectivity index (χ0) is 17.3. The molecule has 1 aromatic carbocycles. The number of aromatic amines is 1. The van der Waals surface area contributed by atoms with Gasteiger partial charge in [0.1, 0.15) is 5.69 Å². The predicted molar refractivity (Wildman–Crippen MR) is 88.7 cm³/mol. The molecule has 0 radical (unpaired) electrons. The maximum atomic E-state index is 12.3. The molecule has 0 aliphatic rings. The summed E-state index contributed by atoms with van der Waals surface area (Å²) in [6, 6.07) is 6.35. The van der Waals surface area contributed by atoms with Gasteiger partial charge in [0.25, 0.3) is 11.5 Å². The Kier molecular flexibility index (Phi) is 3.81. The number of carbonyl (C=O) groups excluding carboxylic acids is 1. The number of para-hydroxylation sites is 2. The van der Waals surface area contributed by atoms with Crippen molar-refractivity contribution in [2.45, 2.75) is 0 Å². The van der Waals surface area contributed by atoms with Crippen LogP contribution < -0.4 is 15.6 Å². The van der Waals surface area contributed by atoms with Gasteiger partial charge >= 0.3 is 0 Å². The maximum Gasteiger partial charge on any atom is 0.291 e. The number of nitrogens with zero attached hydrogens (tertiary/aromatic N) is 2. The molecule has 0 bridgehead atoms. The minimum Gasteiger partial charge on any atom is -0.324 e. The minimum absolute atomic E-state index is 0.0286. The Bertz CT molecular complexity index is 1080. The van der Waals surface area contributed by atoms with Gasteiger partial charge in [-0.1, -0.05) is 12.1 Å². The number of rotatable bonds is 4. The molecule has 9 nitrogen and oxygen atoms in total. The van der Waals surface area contributed by atoms with E-state index in [4.69, 9.17) is 0 Å². The Morgan fingerprint density at radius 1 is 1.25 bits per heavy atom. The standard InChI is InChI=1S/C14H13N5O4S/c1-24(22,23)18-10-5-3-2-4-9(10)17-13(20)11-8-19-7-6-15-14(21)12(19)16-11/h2-8,18H,1H3,(H,15,21)(H,17,20). The highest BCUT2D eigenvalue weighted by atomic mass is 32.2. The van der Waals surface area contributed by atoms with Gasteiger partial charge in [0.05, 0.1) is 17.6 Å². The van der Waals surface area contributed by atoms with E-state index in [9.17, 15) is 18.0 Å². The molecule has 1 amide bonds. The van der Waals surface area contributed by atoms with E-state index in [0.29, 0.717) is 0 Å². The van der Waals surface area contributed by atoms with E-state index in [1.54, 1.807) is 24.4 Å². The van der Waals surface area contributed by atoms with Crippen LogP contribution in [0.25, 0.3) is 5.65 Å². The molecule has 3 aromatic rings. The number of aromatic nitrogens is 3. The summed E-state index contributed by atoms with van der Waals surface area (Å²) in [7, 11) is -3.49. The van der Waals surface area contributed by atoms with E-state index in [2.05, 4.69) is 20.0 Å². The fourth-order valence-corrected chi connectivity index (χ4v) is 2.69. The highest BCUT2D eigenvalue weighted by molar-refractivity contribution is 7.92. The third-order valence-electron chi connectivity index (χ3n) is 3.09. The second kappa shape index (κ2) is 5.81. The number of carbonyl (C=O) groups is 1. The van der Waals surface area contributed by atoms with Crippen molar-refractivity contribution in [2.24, 2.45) is 0 Å². The fraction of sp³-hybridized carbons (Fsp3) is 0.0714. The number of H-pyrrole nitrogens is 1. The summed E-state index contributed by atoms with van der Waals surface area (Å²) in [6.07, 6.45) is 5.41. The quantitative estimate of drug-likeness (QED) is 0.639. The molecular formula is C14H13N5O4S. The third-order valence-corrected chi connectivity index (χ3v) is 3.68. The van der Waals surface area contributed by atoms with Gasteiger partial charge in [-0.3, -0.25) is 14.3 Å². The van der Waals surface area contributed by atoms with Crippen LogP contribution in [0.3, 0.4) is 0 Å². The second-order valence-corrected chi connectivity index (χ2v) is 6.77. The van der Waals surface area contributed by atoms with Gasteiger partial charge in [-0.05, 0) is 12.1 Å². The molecule has 0 saturated carbocycles. The van der Waals surface area contributed by atoms with E-state index in [1.165, 1.54) is 22.9 Å². The molecule has 2 heterocycles. The van der Waals surface area contributed by atoms with Crippen LogP contribution in [0.1, 0.15) is 10.5 Å². The van der Waals surface area contributed by atoms with Crippen molar-refractivity contribution in [2.75, 3.05) is 16.3 Å². The second-order valence-electron chi connectivity index (χ2n) is 5.02. The highest BCUT2D eigenvalue weighted by Crippen LogP contribution is 2.22. The van der Waals surface area contributed by atoms with Crippen LogP contribution in [0.15, 0.2) is 47.7 Å². The summed E-state index contributed by atoms with van der Waals surface area (Å²) in [4.78, 5) is 30.4. The summed E-state index contributed by atoms with van der Waals surface area (Å²) in [5.41, 5.74) is 0.204. The van der Waals surface area contributed by atoms with Crippen molar-refractivity contribution >= 4 is 33.0 Å². The molecule has 24 heavy (non-hydrogen) atoms. The van der Waals surface area contributed by atoms with Crippen LogP contribution in [0.4, 0.5) is 11.4 Å². The minimum atomic E-state index is -3.49. The predicted octanol–water partition coefficient (Wildman–Crippen LogP) is 0.646. The molecule has 3 rings (SSSR count). The Labute approximate surface area is 136 Å². The fourth-order valence-electron chi connectivity index (χ4n) is 2.11. The van der Waals surface area contributed by atoms with Gasteiger partial charge in [-0.2, -0.15) is 0 Å². The van der Waals surface area contributed by atoms with E-state index in [1.807, 2.05) is 0 Å². The molecule has 0 fully saturated rings. The van der Waals surface area contributed by atoms with E-state index in [-0.39, 0.29) is 22.7 Å². The average Bonchev–Trinajstić information content (AvgIpc) is 2.93. The number of imidazole rings is 1. The first-order valence-corrected chi connectivity index (χ1v) is 8.67. The van der Waals surface area contributed by atoms with E-state index in [0.717, 1.165) is 6.26 Å². The maximum absolute atomic E-state index is 12.3. The lowest BCUT2D eigenvalue weighted by atomic mass is 10.2. The van der Waals surface area contributed by atoms with Gasteiger partial charge in [-0.25, -0.2) is 13.4 Å². The number of benzene rings is 1. The molecule has 124 valence electrons. The normalized spacial score (nSPS) is 11.4. The summed E-state index contributed by atoms with van der Waals surface area (Å²) in [5.74, 6) is -0.569. The van der Waals surface area contributed by atoms with Crippen LogP contribution in [-0.4, -0.2) is 34.9 Å². The Morgan fingerprint density at radius 3 is 2.62 bits per heavy atom. The molecule has 0 unspecified atom stereocenters. The van der Waals surface area contributed by atoms with E-state index >= 15 is 0 Å². The van der Waals surface area contributed by atoms with Crippen LogP contribution in [0.2, 0.25) is 0 Å². The van der Waals surface area contributed by atoms with Crippen LogP contribution in [0, 0.1) is 0 Å². The smallest absolute Gasteiger partial charge is 0.291 e. The molecule has 0 aliphatic carbocycles. The molecule has 2 aromatic heterocycles. The number of amides is 1. The van der Waals surface area contributed by atoms with Crippen molar-refractivity contribution in [3.05, 3.63) is 58.9 Å². The summed E-state index contributed by atoms with van der Waals surface area (Å²) < 4.78 is 26.5. The monoisotopic (exact) mass is 347 g/mol. The molecule has 3 N–H and O–H groups in total. The molecule has 0 atom stereocenters. The Balaban J connectivity index is 1.92. The van der Waals surface area contributed by atoms with Crippen LogP contribution in [-0.2, 0) is 10.0 Å². The topological polar surface area (TPSA) is 125 Å². The number of hydrogen-bond acceptors (Lipinski definition) is 5. The lowest BCUT2D eigenvalue weighted by Gasteiger charge is -2.10. The number of nitrogens with one attached hydrogen (secondary N) is 3. The van der Waals surface area contributed by atoms with Gasteiger partial charge in [0, 0.05) is 18.6 Å². The summed E-state index contributed by atoms with van der Waals surface area (Å²) >= 11 is 0. The molecule has 0 aliphatic heterocycles. The zero-order valence-corrected chi connectivity index (χ0v) is 13.3. The molecule has 0 spiro atoms. The van der Waals surface area contributed by atoms with Crippen LogP contribution in [0.5, 0.6) is 0 Å². The Morgan fingerprint density at radius 2 is 1.96 bits per heavy atom. The summed E-state index contributed by atoms with van der Waals surface area (Å²) in [6.45, 7) is 0. The van der Waals surface area contributed by atoms with Gasteiger partial charge in [-0.15, -0.1) is 0 Å².